The summed E-state index contributed by atoms with van der Waals surface area (Å²) >= 11 is 0. The maximum atomic E-state index is 10.8. The van der Waals surface area contributed by atoms with Crippen molar-refractivity contribution in [2.45, 2.75) is 38.6 Å². The van der Waals surface area contributed by atoms with Crippen LogP contribution >= 0.6 is 0 Å². The second-order valence-electron chi connectivity index (χ2n) is 2.56. The molecule has 11 heavy (non-hydrogen) atoms. The van der Waals surface area contributed by atoms with Gasteiger partial charge in [-0.3, -0.25) is 4.79 Å². The van der Waals surface area contributed by atoms with Crippen molar-refractivity contribution in [3.63, 3.8) is 0 Å². The van der Waals surface area contributed by atoms with Gasteiger partial charge in [-0.05, 0) is 6.42 Å². The molecule has 0 unspecified atom stereocenters. The van der Waals surface area contributed by atoms with Gasteiger partial charge in [-0.2, -0.15) is 0 Å². The monoisotopic (exact) mass is 162 g/mol. The molecule has 0 aromatic carbocycles. The highest BCUT2D eigenvalue weighted by molar-refractivity contribution is 5.78. The van der Waals surface area contributed by atoms with Gasteiger partial charge in [0.2, 0.25) is 0 Å². The fourth-order valence-corrected chi connectivity index (χ4v) is 0.711. The van der Waals surface area contributed by atoms with E-state index in [0.717, 1.165) is 6.42 Å². The molecule has 0 spiro atoms. The van der Waals surface area contributed by atoms with Crippen molar-refractivity contribution in [3.05, 3.63) is 0 Å². The Morgan fingerprint density at radius 3 is 2.18 bits per heavy atom. The van der Waals surface area contributed by atoms with Crippen LogP contribution in [0.2, 0.25) is 0 Å². The Morgan fingerprint density at radius 2 is 1.82 bits per heavy atom. The number of carbonyl (C=O) groups excluding carboxylic acids is 1. The smallest absolute Gasteiger partial charge is 0.275 e. The molecule has 0 aromatic rings. The second kappa shape index (κ2) is 4.43. The molecule has 0 fully saturated rings. The van der Waals surface area contributed by atoms with E-state index in [1.807, 2.05) is 6.92 Å². The maximum absolute atomic E-state index is 10.8. The summed E-state index contributed by atoms with van der Waals surface area (Å²) in [6.45, 7) is 1.86. The number of rotatable bonds is 5. The van der Waals surface area contributed by atoms with E-state index in [1.165, 1.54) is 0 Å². The molecule has 0 saturated heterocycles. The number of Topliss-reactive ketones (excluding diaryl/α,β-unsaturated/α-hetero) is 1. The summed E-state index contributed by atoms with van der Waals surface area (Å²) in [5.74, 6) is -2.75. The number of hydrogen-bond acceptors (Lipinski definition) is 4. The summed E-state index contributed by atoms with van der Waals surface area (Å²) in [6, 6.07) is 0. The minimum Gasteiger partial charge on any atom is -0.344 e. The normalized spacial score (nSPS) is 11.6. The van der Waals surface area contributed by atoms with E-state index in [1.54, 1.807) is 0 Å². The first-order valence-corrected chi connectivity index (χ1v) is 3.64. The van der Waals surface area contributed by atoms with Crippen molar-refractivity contribution < 1.29 is 20.1 Å². The van der Waals surface area contributed by atoms with E-state index in [0.29, 0.717) is 6.42 Å². The highest BCUT2D eigenvalue weighted by Gasteiger charge is 2.18. The van der Waals surface area contributed by atoms with Gasteiger partial charge in [0.15, 0.2) is 0 Å². The molecule has 3 N–H and O–H groups in total. The molecule has 0 atom stereocenters. The fraction of sp³-hybridized carbons (Fsp3) is 0.857. The van der Waals surface area contributed by atoms with Gasteiger partial charge >= 0.3 is 0 Å². The van der Waals surface area contributed by atoms with Crippen molar-refractivity contribution in [3.8, 4) is 0 Å². The molecule has 4 nitrogen and oxygen atoms in total. The van der Waals surface area contributed by atoms with Gasteiger partial charge in [0.25, 0.3) is 5.97 Å². The molecule has 0 amide bonds. The van der Waals surface area contributed by atoms with Crippen molar-refractivity contribution in [2.24, 2.45) is 0 Å². The van der Waals surface area contributed by atoms with Crippen molar-refractivity contribution in [1.29, 1.82) is 0 Å². The summed E-state index contributed by atoms with van der Waals surface area (Å²) < 4.78 is 0. The van der Waals surface area contributed by atoms with E-state index in [4.69, 9.17) is 15.3 Å². The van der Waals surface area contributed by atoms with Crippen LogP contribution in [0.1, 0.15) is 32.6 Å². The standard InChI is InChI=1S/C7H14O4/c1-2-3-6(8)4-5-7(9,10)11/h9-11H,2-5H2,1H3. The first-order valence-electron chi connectivity index (χ1n) is 3.64. The third-order valence-corrected chi connectivity index (χ3v) is 1.27. The molecule has 4 heteroatoms. The highest BCUT2D eigenvalue weighted by Crippen LogP contribution is 2.06. The van der Waals surface area contributed by atoms with Gasteiger partial charge < -0.3 is 15.3 Å². The lowest BCUT2D eigenvalue weighted by atomic mass is 10.1. The molecule has 0 bridgehead atoms. The number of hydrogen-bond donors (Lipinski definition) is 3. The lowest BCUT2D eigenvalue weighted by Crippen LogP contribution is -2.27. The lowest BCUT2D eigenvalue weighted by Gasteiger charge is -2.12. The van der Waals surface area contributed by atoms with E-state index in [-0.39, 0.29) is 18.6 Å². The van der Waals surface area contributed by atoms with Crippen LogP contribution in [0.25, 0.3) is 0 Å². The van der Waals surface area contributed by atoms with Crippen LogP contribution in [0.15, 0.2) is 0 Å². The summed E-state index contributed by atoms with van der Waals surface area (Å²) in [4.78, 5) is 10.8. The number of carbonyl (C=O) groups is 1. The predicted octanol–water partition coefficient (Wildman–Crippen LogP) is -0.233. The summed E-state index contributed by atoms with van der Waals surface area (Å²) in [6.07, 6.45) is 0.868. The summed E-state index contributed by atoms with van der Waals surface area (Å²) in [5, 5.41) is 25.2. The first kappa shape index (κ1) is 10.6. The topological polar surface area (TPSA) is 77.8 Å². The molecule has 0 aliphatic heterocycles. The zero-order chi connectivity index (χ0) is 8.91. The van der Waals surface area contributed by atoms with Crippen LogP contribution in [0.3, 0.4) is 0 Å². The van der Waals surface area contributed by atoms with Crippen LogP contribution in [0.5, 0.6) is 0 Å². The van der Waals surface area contributed by atoms with Crippen LogP contribution < -0.4 is 0 Å². The molecule has 66 valence electrons. The van der Waals surface area contributed by atoms with E-state index in [2.05, 4.69) is 0 Å². The van der Waals surface area contributed by atoms with Gasteiger partial charge in [-0.1, -0.05) is 6.92 Å². The fourth-order valence-electron chi connectivity index (χ4n) is 0.711. The van der Waals surface area contributed by atoms with Gasteiger partial charge in [-0.15, -0.1) is 0 Å². The molecule has 0 aromatic heterocycles. The largest absolute Gasteiger partial charge is 0.344 e. The quantitative estimate of drug-likeness (QED) is 0.488. The first-order chi connectivity index (χ1) is 4.95. The molecule has 0 heterocycles. The third kappa shape index (κ3) is 7.45. The van der Waals surface area contributed by atoms with Crippen LogP contribution in [0.4, 0.5) is 0 Å². The molecular formula is C7H14O4. The second-order valence-corrected chi connectivity index (χ2v) is 2.56. The zero-order valence-corrected chi connectivity index (χ0v) is 6.58. The van der Waals surface area contributed by atoms with Gasteiger partial charge in [0.05, 0.1) is 0 Å². The Hall–Kier alpha value is -0.450. The predicted molar refractivity (Wildman–Crippen MR) is 38.5 cm³/mol. The van der Waals surface area contributed by atoms with Crippen LogP contribution in [-0.2, 0) is 4.79 Å². The molecule has 0 rings (SSSR count). The Balaban J connectivity index is 3.46. The highest BCUT2D eigenvalue weighted by atomic mass is 16.7. The lowest BCUT2D eigenvalue weighted by molar-refractivity contribution is -0.314. The average Bonchev–Trinajstić information content (AvgIpc) is 1.83. The average molecular weight is 162 g/mol. The Bertz CT molecular complexity index is 125. The van der Waals surface area contributed by atoms with Gasteiger partial charge in [0, 0.05) is 19.3 Å². The maximum Gasteiger partial charge on any atom is 0.275 e. The SMILES string of the molecule is CCCC(=O)CCC(O)(O)O. The molecule has 0 saturated carbocycles. The Labute approximate surface area is 65.5 Å². The third-order valence-electron chi connectivity index (χ3n) is 1.27. The molecule has 0 radical (unpaired) electrons. The van der Waals surface area contributed by atoms with Crippen molar-refractivity contribution in [1.82, 2.24) is 0 Å². The zero-order valence-electron chi connectivity index (χ0n) is 6.58. The van der Waals surface area contributed by atoms with E-state index >= 15 is 0 Å². The minimum atomic E-state index is -2.69. The van der Waals surface area contributed by atoms with E-state index < -0.39 is 5.97 Å². The Morgan fingerprint density at radius 1 is 1.27 bits per heavy atom. The molecule has 0 aliphatic rings. The van der Waals surface area contributed by atoms with Crippen LogP contribution in [-0.4, -0.2) is 27.1 Å². The summed E-state index contributed by atoms with van der Waals surface area (Å²) in [7, 11) is 0. The van der Waals surface area contributed by atoms with Crippen LogP contribution in [0, 0.1) is 0 Å². The number of ketones is 1. The van der Waals surface area contributed by atoms with E-state index in [9.17, 15) is 4.79 Å². The van der Waals surface area contributed by atoms with Gasteiger partial charge in [0.1, 0.15) is 5.78 Å². The number of aliphatic hydroxyl groups is 3. The van der Waals surface area contributed by atoms with Crippen molar-refractivity contribution in [2.75, 3.05) is 0 Å². The summed E-state index contributed by atoms with van der Waals surface area (Å²) in [5.41, 5.74) is 0. The van der Waals surface area contributed by atoms with Gasteiger partial charge in [-0.25, -0.2) is 0 Å². The minimum absolute atomic E-state index is 0.0112. The Kier molecular flexibility index (Phi) is 4.25. The van der Waals surface area contributed by atoms with Crippen molar-refractivity contribution >= 4 is 5.78 Å². The molecular weight excluding hydrogens is 148 g/mol. The molecule has 0 aliphatic carbocycles.